The molecule has 1 saturated carbocycles. The molecule has 0 aromatic heterocycles. The summed E-state index contributed by atoms with van der Waals surface area (Å²) in [4.78, 5) is 6.80. The minimum atomic E-state index is 0. The lowest BCUT2D eigenvalue weighted by Crippen LogP contribution is -2.43. The van der Waals surface area contributed by atoms with Crippen LogP contribution in [-0.2, 0) is 4.74 Å². The van der Waals surface area contributed by atoms with Crippen molar-refractivity contribution in [1.29, 1.82) is 0 Å². The molecule has 2 N–H and O–H groups in total. The molecule has 0 aromatic carbocycles. The van der Waals surface area contributed by atoms with Crippen LogP contribution in [0.25, 0.3) is 0 Å². The minimum Gasteiger partial charge on any atom is -0.383 e. The first-order valence-electron chi connectivity index (χ1n) is 8.49. The van der Waals surface area contributed by atoms with E-state index in [0.29, 0.717) is 0 Å². The van der Waals surface area contributed by atoms with E-state index in [9.17, 15) is 0 Å². The highest BCUT2D eigenvalue weighted by Crippen LogP contribution is 2.25. The number of guanidine groups is 1. The quantitative estimate of drug-likeness (QED) is 0.218. The van der Waals surface area contributed by atoms with Gasteiger partial charge in [-0.3, -0.25) is 9.89 Å². The summed E-state index contributed by atoms with van der Waals surface area (Å²) in [5.74, 6) is 0.925. The Bertz CT molecular complexity index is 285. The van der Waals surface area contributed by atoms with Crippen molar-refractivity contribution in [2.24, 2.45) is 4.99 Å². The number of rotatable bonds is 12. The van der Waals surface area contributed by atoms with Crippen LogP contribution in [-0.4, -0.2) is 63.8 Å². The van der Waals surface area contributed by atoms with E-state index in [1.807, 2.05) is 7.05 Å². The van der Waals surface area contributed by atoms with Crippen molar-refractivity contribution in [3.63, 3.8) is 0 Å². The second kappa shape index (κ2) is 14.5. The van der Waals surface area contributed by atoms with Gasteiger partial charge in [0.2, 0.25) is 0 Å². The Balaban J connectivity index is 0.00000441. The maximum absolute atomic E-state index is 5.19. The summed E-state index contributed by atoms with van der Waals surface area (Å²) in [7, 11) is 3.61. The zero-order valence-corrected chi connectivity index (χ0v) is 16.9. The highest BCUT2D eigenvalue weighted by atomic mass is 127. The number of hydrogen-bond acceptors (Lipinski definition) is 3. The number of halogens is 1. The van der Waals surface area contributed by atoms with E-state index in [1.165, 1.54) is 38.5 Å². The van der Waals surface area contributed by atoms with Crippen LogP contribution in [0.1, 0.15) is 45.4 Å². The molecule has 5 nitrogen and oxygen atoms in total. The topological polar surface area (TPSA) is 48.9 Å². The van der Waals surface area contributed by atoms with Crippen molar-refractivity contribution in [3.8, 4) is 0 Å². The minimum absolute atomic E-state index is 0. The molecule has 0 atom stereocenters. The van der Waals surface area contributed by atoms with E-state index in [0.717, 1.165) is 44.8 Å². The van der Waals surface area contributed by atoms with Gasteiger partial charge >= 0.3 is 0 Å². The predicted molar refractivity (Wildman–Crippen MR) is 105 cm³/mol. The van der Waals surface area contributed by atoms with Gasteiger partial charge in [0.05, 0.1) is 6.61 Å². The van der Waals surface area contributed by atoms with Crippen LogP contribution in [0, 0.1) is 0 Å². The molecule has 0 saturated heterocycles. The van der Waals surface area contributed by atoms with E-state index in [4.69, 9.17) is 4.74 Å². The molecule has 0 heterocycles. The summed E-state index contributed by atoms with van der Waals surface area (Å²) in [5, 5.41) is 6.79. The molecule has 132 valence electrons. The number of methoxy groups -OCH3 is 1. The third-order valence-electron chi connectivity index (χ3n) is 3.88. The first kappa shape index (κ1) is 21.9. The molecular formula is C16H35IN4O. The number of ether oxygens (including phenoxy) is 1. The van der Waals surface area contributed by atoms with Gasteiger partial charge in [0.1, 0.15) is 0 Å². The van der Waals surface area contributed by atoms with Crippen LogP contribution in [0.3, 0.4) is 0 Å². The summed E-state index contributed by atoms with van der Waals surface area (Å²) in [6.45, 7) is 7.10. The zero-order valence-electron chi connectivity index (χ0n) is 14.6. The highest BCUT2D eigenvalue weighted by molar-refractivity contribution is 14.0. The second-order valence-electron chi connectivity index (χ2n) is 5.75. The van der Waals surface area contributed by atoms with Crippen molar-refractivity contribution in [1.82, 2.24) is 15.5 Å². The summed E-state index contributed by atoms with van der Waals surface area (Å²) < 4.78 is 5.19. The Morgan fingerprint density at radius 3 is 2.45 bits per heavy atom. The highest BCUT2D eigenvalue weighted by Gasteiger charge is 2.28. The van der Waals surface area contributed by atoms with Crippen LogP contribution >= 0.6 is 24.0 Å². The van der Waals surface area contributed by atoms with E-state index in [2.05, 4.69) is 27.4 Å². The van der Waals surface area contributed by atoms with Crippen molar-refractivity contribution in [2.75, 3.05) is 46.9 Å². The lowest BCUT2D eigenvalue weighted by atomic mass is 10.2. The number of unbranched alkanes of at least 4 members (excludes halogenated alkanes) is 3. The van der Waals surface area contributed by atoms with Gasteiger partial charge in [0.15, 0.2) is 5.96 Å². The first-order chi connectivity index (χ1) is 10.3. The number of aliphatic imine (C=N–C) groups is 1. The molecule has 1 rings (SSSR count). The molecule has 0 spiro atoms. The molecule has 0 aromatic rings. The van der Waals surface area contributed by atoms with Crippen molar-refractivity contribution >= 4 is 29.9 Å². The largest absolute Gasteiger partial charge is 0.383 e. The third kappa shape index (κ3) is 10.6. The second-order valence-corrected chi connectivity index (χ2v) is 5.75. The maximum Gasteiger partial charge on any atom is 0.191 e. The van der Waals surface area contributed by atoms with Crippen LogP contribution < -0.4 is 10.6 Å². The van der Waals surface area contributed by atoms with E-state index in [1.54, 1.807) is 7.11 Å². The number of nitrogens with one attached hydrogen (secondary N) is 2. The van der Waals surface area contributed by atoms with Crippen molar-refractivity contribution in [3.05, 3.63) is 0 Å². The van der Waals surface area contributed by atoms with Crippen LogP contribution in [0.15, 0.2) is 4.99 Å². The molecule has 1 aliphatic rings. The van der Waals surface area contributed by atoms with Gasteiger partial charge < -0.3 is 15.4 Å². The van der Waals surface area contributed by atoms with Gasteiger partial charge in [0.25, 0.3) is 0 Å². The molecule has 0 bridgehead atoms. The fraction of sp³-hybridized carbons (Fsp3) is 0.938. The Labute approximate surface area is 153 Å². The Kier molecular flexibility index (Phi) is 14.5. The Morgan fingerprint density at radius 2 is 1.86 bits per heavy atom. The normalized spacial score (nSPS) is 14.8. The molecule has 0 radical (unpaired) electrons. The smallest absolute Gasteiger partial charge is 0.191 e. The molecular weight excluding hydrogens is 391 g/mol. The van der Waals surface area contributed by atoms with Crippen LogP contribution in [0.5, 0.6) is 0 Å². The predicted octanol–water partition coefficient (Wildman–Crippen LogP) is 2.46. The van der Waals surface area contributed by atoms with Crippen molar-refractivity contribution in [2.45, 2.75) is 51.5 Å². The van der Waals surface area contributed by atoms with Gasteiger partial charge in [-0.2, -0.15) is 0 Å². The fourth-order valence-corrected chi connectivity index (χ4v) is 2.42. The van der Waals surface area contributed by atoms with Crippen molar-refractivity contribution < 1.29 is 4.74 Å². The average molecular weight is 426 g/mol. The van der Waals surface area contributed by atoms with Gasteiger partial charge in [0, 0.05) is 46.4 Å². The fourth-order valence-electron chi connectivity index (χ4n) is 2.42. The van der Waals surface area contributed by atoms with Gasteiger partial charge in [-0.15, -0.1) is 24.0 Å². The SMILES string of the molecule is CCCCCCNC(=NC)NCCN(CCOC)C1CC1.I. The molecule has 0 amide bonds. The van der Waals surface area contributed by atoms with Gasteiger partial charge in [-0.25, -0.2) is 0 Å². The first-order valence-corrected chi connectivity index (χ1v) is 8.49. The van der Waals surface area contributed by atoms with E-state index >= 15 is 0 Å². The summed E-state index contributed by atoms with van der Waals surface area (Å²) >= 11 is 0. The molecule has 1 fully saturated rings. The van der Waals surface area contributed by atoms with Crippen LogP contribution in [0.4, 0.5) is 0 Å². The van der Waals surface area contributed by atoms with Crippen LogP contribution in [0.2, 0.25) is 0 Å². The van der Waals surface area contributed by atoms with Gasteiger partial charge in [-0.05, 0) is 19.3 Å². The summed E-state index contributed by atoms with van der Waals surface area (Å²) in [5.41, 5.74) is 0. The Hall–Kier alpha value is -0.0800. The third-order valence-corrected chi connectivity index (χ3v) is 3.88. The lowest BCUT2D eigenvalue weighted by molar-refractivity contribution is 0.144. The molecule has 0 unspecified atom stereocenters. The summed E-state index contributed by atoms with van der Waals surface area (Å²) in [6, 6.07) is 0.783. The van der Waals surface area contributed by atoms with E-state index < -0.39 is 0 Å². The Morgan fingerprint density at radius 1 is 1.14 bits per heavy atom. The molecule has 0 aliphatic heterocycles. The number of hydrogen-bond donors (Lipinski definition) is 2. The summed E-state index contributed by atoms with van der Waals surface area (Å²) in [6.07, 6.45) is 7.81. The molecule has 6 heteroatoms. The van der Waals surface area contributed by atoms with E-state index in [-0.39, 0.29) is 24.0 Å². The lowest BCUT2D eigenvalue weighted by Gasteiger charge is -2.22. The zero-order chi connectivity index (χ0) is 15.3. The monoisotopic (exact) mass is 426 g/mol. The van der Waals surface area contributed by atoms with Gasteiger partial charge in [-0.1, -0.05) is 26.2 Å². The standard InChI is InChI=1S/C16H34N4O.HI/c1-4-5-6-7-10-18-16(17-2)19-11-12-20(13-14-21-3)15-8-9-15;/h15H,4-14H2,1-3H3,(H2,17,18,19);1H. The molecule has 22 heavy (non-hydrogen) atoms. The molecule has 1 aliphatic carbocycles. The maximum atomic E-state index is 5.19. The average Bonchev–Trinajstić information content (AvgIpc) is 3.33. The number of nitrogens with zero attached hydrogens (tertiary/aromatic N) is 2.